The maximum absolute atomic E-state index is 12.6. The van der Waals surface area contributed by atoms with Gasteiger partial charge in [0.15, 0.2) is 5.82 Å². The predicted molar refractivity (Wildman–Crippen MR) is 114 cm³/mol. The van der Waals surface area contributed by atoms with Gasteiger partial charge in [-0.25, -0.2) is 0 Å². The summed E-state index contributed by atoms with van der Waals surface area (Å²) < 4.78 is 1.84. The van der Waals surface area contributed by atoms with E-state index >= 15 is 0 Å². The van der Waals surface area contributed by atoms with Crippen LogP contribution < -0.4 is 10.9 Å². The lowest BCUT2D eigenvalue weighted by Crippen LogP contribution is -2.23. The first-order valence-corrected chi connectivity index (χ1v) is 10.3. The zero-order valence-corrected chi connectivity index (χ0v) is 17.0. The number of fused-ring (bicyclic) bond motifs is 2. The van der Waals surface area contributed by atoms with Gasteiger partial charge in [0, 0.05) is 23.7 Å². The number of aromatic nitrogens is 3. The number of benzene rings is 1. The molecule has 0 aliphatic heterocycles. The van der Waals surface area contributed by atoms with Gasteiger partial charge in [-0.15, -0.1) is 0 Å². The third-order valence-corrected chi connectivity index (χ3v) is 6.50. The molecule has 1 saturated carbocycles. The highest BCUT2D eigenvalue weighted by molar-refractivity contribution is 5.96. The highest BCUT2D eigenvalue weighted by atomic mass is 16.1. The molecule has 0 spiro atoms. The Labute approximate surface area is 173 Å². The Bertz CT molecular complexity index is 1270. The van der Waals surface area contributed by atoms with Crippen molar-refractivity contribution in [2.45, 2.75) is 51.0 Å². The molecule has 1 fully saturated rings. The van der Waals surface area contributed by atoms with Crippen molar-refractivity contribution in [2.75, 3.05) is 5.32 Å². The Morgan fingerprint density at radius 2 is 2.13 bits per heavy atom. The van der Waals surface area contributed by atoms with Crippen molar-refractivity contribution in [1.82, 2.24) is 14.8 Å². The molecule has 0 unspecified atom stereocenters. The molecule has 152 valence electrons. The van der Waals surface area contributed by atoms with Crippen LogP contribution in [0.15, 0.2) is 35.3 Å². The predicted octanol–water partition coefficient (Wildman–Crippen LogP) is 3.74. The van der Waals surface area contributed by atoms with Gasteiger partial charge in [-0.1, -0.05) is 6.07 Å². The number of nitriles is 1. The molecule has 1 aromatic carbocycles. The molecule has 3 aromatic rings. The van der Waals surface area contributed by atoms with Crippen molar-refractivity contribution in [1.29, 1.82) is 5.26 Å². The van der Waals surface area contributed by atoms with Crippen molar-refractivity contribution in [3.8, 4) is 6.07 Å². The van der Waals surface area contributed by atoms with E-state index in [4.69, 9.17) is 5.10 Å². The van der Waals surface area contributed by atoms with E-state index < -0.39 is 5.41 Å². The average molecular weight is 401 g/mol. The second kappa shape index (κ2) is 6.56. The summed E-state index contributed by atoms with van der Waals surface area (Å²) in [6.07, 6.45) is 4.55. The van der Waals surface area contributed by atoms with Gasteiger partial charge < -0.3 is 10.3 Å². The van der Waals surface area contributed by atoms with Crippen molar-refractivity contribution < 1.29 is 4.79 Å². The lowest BCUT2D eigenvalue weighted by atomic mass is 9.86. The summed E-state index contributed by atoms with van der Waals surface area (Å²) in [7, 11) is 0. The van der Waals surface area contributed by atoms with Gasteiger partial charge in [0.05, 0.1) is 24.0 Å². The van der Waals surface area contributed by atoms with Crippen LogP contribution in [-0.2, 0) is 16.6 Å². The Kier molecular flexibility index (Phi) is 4.07. The Hall–Kier alpha value is -3.40. The maximum atomic E-state index is 12.6. The van der Waals surface area contributed by atoms with Gasteiger partial charge in [0.1, 0.15) is 11.2 Å². The van der Waals surface area contributed by atoms with E-state index in [9.17, 15) is 14.9 Å². The molecule has 2 heterocycles. The third kappa shape index (κ3) is 2.83. The Morgan fingerprint density at radius 1 is 1.33 bits per heavy atom. The molecular formula is C23H23N5O2. The zero-order chi connectivity index (χ0) is 21.0. The van der Waals surface area contributed by atoms with Crippen molar-refractivity contribution in [3.05, 3.63) is 51.9 Å². The lowest BCUT2D eigenvalue weighted by Gasteiger charge is -2.17. The number of carbonyl (C=O) groups excluding carboxylic acids is 1. The summed E-state index contributed by atoms with van der Waals surface area (Å²) in [6.45, 7) is 3.91. The molecule has 5 rings (SSSR count). The van der Waals surface area contributed by atoms with Crippen molar-refractivity contribution in [3.63, 3.8) is 0 Å². The monoisotopic (exact) mass is 401 g/mol. The maximum Gasteiger partial charge on any atom is 0.261 e. The number of H-pyrrole nitrogens is 1. The van der Waals surface area contributed by atoms with E-state index in [0.29, 0.717) is 30.0 Å². The van der Waals surface area contributed by atoms with Gasteiger partial charge >= 0.3 is 0 Å². The summed E-state index contributed by atoms with van der Waals surface area (Å²) in [5, 5.41) is 17.8. The quantitative estimate of drug-likeness (QED) is 0.678. The minimum Gasteiger partial charge on any atom is -0.338 e. The summed E-state index contributed by atoms with van der Waals surface area (Å²) in [5.41, 5.74) is 2.89. The van der Waals surface area contributed by atoms with Crippen LogP contribution in [0.2, 0.25) is 0 Å². The molecule has 7 heteroatoms. The molecule has 30 heavy (non-hydrogen) atoms. The fourth-order valence-corrected chi connectivity index (χ4v) is 4.58. The molecule has 0 bridgehead atoms. The first-order valence-electron chi connectivity index (χ1n) is 10.3. The molecule has 0 saturated heterocycles. The van der Waals surface area contributed by atoms with E-state index in [-0.39, 0.29) is 17.4 Å². The first-order chi connectivity index (χ1) is 14.4. The first kappa shape index (κ1) is 18.6. The summed E-state index contributed by atoms with van der Waals surface area (Å²) in [5.74, 6) is 1.11. The van der Waals surface area contributed by atoms with Crippen LogP contribution in [0.4, 0.5) is 11.5 Å². The molecule has 2 N–H and O–H groups in total. The Balaban J connectivity index is 1.58. The molecule has 0 radical (unpaired) electrons. The molecule has 7 nitrogen and oxygen atoms in total. The summed E-state index contributed by atoms with van der Waals surface area (Å²) >= 11 is 0. The fraction of sp³-hybridized carbons (Fsp3) is 0.391. The fourth-order valence-electron chi connectivity index (χ4n) is 4.58. The largest absolute Gasteiger partial charge is 0.338 e. The van der Waals surface area contributed by atoms with Crippen LogP contribution in [0.5, 0.6) is 0 Å². The number of hydrogen-bond donors (Lipinski definition) is 2. The van der Waals surface area contributed by atoms with Crippen LogP contribution >= 0.6 is 0 Å². The third-order valence-electron chi connectivity index (χ3n) is 6.50. The van der Waals surface area contributed by atoms with Gasteiger partial charge in [-0.05, 0) is 61.9 Å². The number of pyridine rings is 1. The number of hydrogen-bond acceptors (Lipinski definition) is 5. The SMILES string of the molecule is CC1(C)C(=O)Cc2cc(Nc3nn([C@@H](CC#N)C4CC4)c4cc[nH]c(=O)c34)ccc21. The van der Waals surface area contributed by atoms with Gasteiger partial charge in [-0.2, -0.15) is 10.4 Å². The zero-order valence-electron chi connectivity index (χ0n) is 17.0. The molecule has 1 atom stereocenters. The standard InChI is InChI=1S/C23H23N5O2/c1-23(2)16-6-5-15(11-14(16)12-19(23)29)26-21-20-18(8-10-25-22(20)30)28(27-21)17(7-9-24)13-3-4-13/h5-6,8,10-11,13,17H,3-4,7,12H2,1-2H3,(H,25,30)(H,26,27)/t17-/m0/s1. The van der Waals surface area contributed by atoms with Crippen LogP contribution in [0.25, 0.3) is 10.9 Å². The summed E-state index contributed by atoms with van der Waals surface area (Å²) in [4.78, 5) is 27.7. The number of nitrogens with zero attached hydrogens (tertiary/aromatic N) is 3. The van der Waals surface area contributed by atoms with E-state index in [2.05, 4.69) is 16.4 Å². The number of carbonyl (C=O) groups is 1. The van der Waals surface area contributed by atoms with Crippen LogP contribution in [-0.4, -0.2) is 20.5 Å². The van der Waals surface area contributed by atoms with Crippen LogP contribution in [0.3, 0.4) is 0 Å². The van der Waals surface area contributed by atoms with E-state index in [1.807, 2.05) is 42.8 Å². The molecule has 2 aliphatic carbocycles. The van der Waals surface area contributed by atoms with Gasteiger partial charge in [0.25, 0.3) is 5.56 Å². The number of rotatable bonds is 5. The highest BCUT2D eigenvalue weighted by Gasteiger charge is 2.38. The van der Waals surface area contributed by atoms with Crippen molar-refractivity contribution in [2.24, 2.45) is 5.92 Å². The second-order valence-electron chi connectivity index (χ2n) is 8.85. The molecule has 2 aliphatic rings. The Morgan fingerprint density at radius 3 is 2.87 bits per heavy atom. The minimum atomic E-state index is -0.464. The minimum absolute atomic E-state index is 0.0340. The van der Waals surface area contributed by atoms with E-state index in [0.717, 1.165) is 35.2 Å². The van der Waals surface area contributed by atoms with E-state index in [1.54, 1.807) is 6.20 Å². The van der Waals surface area contributed by atoms with Gasteiger partial charge in [-0.3, -0.25) is 14.3 Å². The van der Waals surface area contributed by atoms with E-state index in [1.165, 1.54) is 0 Å². The van der Waals surface area contributed by atoms with Crippen LogP contribution in [0, 0.1) is 17.2 Å². The lowest BCUT2D eigenvalue weighted by molar-refractivity contribution is -0.121. The van der Waals surface area contributed by atoms with Crippen LogP contribution in [0.1, 0.15) is 50.3 Å². The van der Waals surface area contributed by atoms with Gasteiger partial charge in [0.2, 0.25) is 0 Å². The topological polar surface area (TPSA) is 104 Å². The number of anilines is 2. The molecule has 2 aromatic heterocycles. The molecular weight excluding hydrogens is 378 g/mol. The number of ketones is 1. The normalized spacial score (nSPS) is 18.2. The highest BCUT2D eigenvalue weighted by Crippen LogP contribution is 2.43. The second-order valence-corrected chi connectivity index (χ2v) is 8.85. The number of nitrogens with one attached hydrogen (secondary N) is 2. The average Bonchev–Trinajstić information content (AvgIpc) is 3.44. The summed E-state index contributed by atoms with van der Waals surface area (Å²) in [6, 6.07) is 9.95. The smallest absolute Gasteiger partial charge is 0.261 e. The van der Waals surface area contributed by atoms with Crippen molar-refractivity contribution >= 4 is 28.2 Å². The number of aromatic amines is 1. The number of Topliss-reactive ketones (excluding diaryl/α,β-unsaturated/α-hetero) is 1. The molecule has 0 amide bonds.